The van der Waals surface area contributed by atoms with Gasteiger partial charge in [-0.25, -0.2) is 4.79 Å². The number of H-pyrrole nitrogens is 1. The van der Waals surface area contributed by atoms with Gasteiger partial charge in [-0.15, -0.1) is 0 Å². The molecule has 0 aliphatic rings. The number of nitrogens with one attached hydrogen (secondary N) is 2. The van der Waals surface area contributed by atoms with E-state index in [2.05, 4.69) is 67.0 Å². The van der Waals surface area contributed by atoms with Crippen LogP contribution in [0.2, 0.25) is 0 Å². The summed E-state index contributed by atoms with van der Waals surface area (Å²) in [5.74, 6) is -0.809. The Morgan fingerprint density at radius 3 is 1.33 bits per heavy atom. The molecule has 0 unspecified atom stereocenters. The van der Waals surface area contributed by atoms with Crippen LogP contribution in [0.25, 0.3) is 22.6 Å². The minimum atomic E-state index is -5.00. The van der Waals surface area contributed by atoms with Crippen LogP contribution in [0.1, 0.15) is 87.7 Å². The minimum absolute atomic E-state index is 0.00719. The van der Waals surface area contributed by atoms with Crippen molar-refractivity contribution in [3.63, 3.8) is 0 Å². The summed E-state index contributed by atoms with van der Waals surface area (Å²) in [6.07, 6.45) is -12.6. The minimum Gasteiger partial charge on any atom is -0.476 e. The van der Waals surface area contributed by atoms with E-state index >= 15 is 0 Å². The Kier molecular flexibility index (Phi) is 27.4. The number of aromatic amines is 1. The van der Waals surface area contributed by atoms with Crippen LogP contribution in [0.4, 0.5) is 102 Å². The van der Waals surface area contributed by atoms with E-state index in [9.17, 15) is 109 Å². The number of carboxylic acids is 1. The number of rotatable bonds is 14. The first-order chi connectivity index (χ1) is 51.4. The van der Waals surface area contributed by atoms with Crippen LogP contribution in [0.5, 0.6) is 0 Å². The van der Waals surface area contributed by atoms with Gasteiger partial charge in [-0.1, -0.05) is 62.1 Å². The number of carboxylic acid groups (broad SMARTS) is 1. The Morgan fingerprint density at radius 1 is 0.518 bits per heavy atom. The monoisotopic (exact) mass is 1630 g/mol. The predicted molar refractivity (Wildman–Crippen MR) is 353 cm³/mol. The normalized spacial score (nSPS) is 11.6. The number of pyridine rings is 2. The molecule has 0 fully saturated rings. The van der Waals surface area contributed by atoms with Gasteiger partial charge in [-0.2, -0.15) is 99.4 Å². The fourth-order valence-electron chi connectivity index (χ4n) is 9.06. The predicted octanol–water partition coefficient (Wildman–Crippen LogP) is 17.7. The summed E-state index contributed by atoms with van der Waals surface area (Å²) in [5.41, 5.74) is 1.37. The molecule has 580 valence electrons. The van der Waals surface area contributed by atoms with Gasteiger partial charge in [0.25, 0.3) is 5.91 Å². The molecule has 0 aliphatic heterocycles. The van der Waals surface area contributed by atoms with E-state index in [1.165, 1.54) is 59.9 Å². The fraction of sp³-hybridized carbons (Fsp3) is 0.182. The van der Waals surface area contributed by atoms with Crippen molar-refractivity contribution in [2.24, 2.45) is 0 Å². The zero-order chi connectivity index (χ0) is 81.3. The van der Waals surface area contributed by atoms with Crippen LogP contribution in [0.3, 0.4) is 0 Å². The SMILES string of the molecule is Cc1cc(C(F)(F)F)ccc1CBr.Cc1ccc(Cn2cc(NC(=O)c3cc(-c4ccncc4)on3)cn2)c(C(F)(F)F)c1.Nc1cnn(Cc2ccc(C(F)(F)F)cc2C(F)(F)F)c1.O=C(O)c1cc(-c2ccncc2)on1.O=[N+]([O-])c1cn[nH]c1.O=[N+]([O-])c1cnn(Cc2ccc(C(F)(F)F)cc2C(F)(F)F)c1. The molecule has 0 saturated heterocycles. The Hall–Kier alpha value is -12.8. The number of alkyl halides is 19. The number of nitrogens with zero attached hydrogens (tertiary/aromatic N) is 13. The Labute approximate surface area is 612 Å². The van der Waals surface area contributed by atoms with Gasteiger partial charge in [0, 0.05) is 65.8 Å². The molecule has 0 atom stereocenters. The Bertz CT molecular complexity index is 5080. The molecule has 8 heterocycles. The number of hydrogen-bond donors (Lipinski definition) is 4. The lowest BCUT2D eigenvalue weighted by Crippen LogP contribution is -2.15. The molecule has 8 aromatic heterocycles. The highest BCUT2D eigenvalue weighted by molar-refractivity contribution is 9.08. The highest BCUT2D eigenvalue weighted by Gasteiger charge is 2.40. The summed E-state index contributed by atoms with van der Waals surface area (Å²) in [5, 5.41) is 56.2. The topological polar surface area (TPSA) is 339 Å². The van der Waals surface area contributed by atoms with Crippen LogP contribution in [-0.4, -0.2) is 86.6 Å². The van der Waals surface area contributed by atoms with E-state index in [1.54, 1.807) is 69.0 Å². The summed E-state index contributed by atoms with van der Waals surface area (Å²) < 4.78 is 243. The van der Waals surface area contributed by atoms with Crippen molar-refractivity contribution in [3.8, 4) is 22.6 Å². The number of amides is 1. The number of benzene rings is 4. The van der Waals surface area contributed by atoms with Gasteiger partial charge in [0.2, 0.25) is 0 Å². The average Bonchev–Trinajstić information content (AvgIpc) is 0.825. The zero-order valence-corrected chi connectivity index (χ0v) is 57.0. The van der Waals surface area contributed by atoms with Gasteiger partial charge in [-0.3, -0.25) is 54.1 Å². The molecule has 0 bridgehead atoms. The maximum absolute atomic E-state index is 13.3. The first-order valence-electron chi connectivity index (χ1n) is 30.2. The zero-order valence-electron chi connectivity index (χ0n) is 55.4. The number of anilines is 2. The van der Waals surface area contributed by atoms with Crippen molar-refractivity contribution >= 4 is 50.6 Å². The number of aromatic carboxylic acids is 1. The molecule has 0 aliphatic carbocycles. The van der Waals surface area contributed by atoms with Gasteiger partial charge >= 0.3 is 54.4 Å². The summed E-state index contributed by atoms with van der Waals surface area (Å²) in [6, 6.07) is 20.3. The number of nitro groups is 2. The number of nitrogens with two attached hydrogens (primary N) is 1. The van der Waals surface area contributed by atoms with Crippen molar-refractivity contribution in [3.05, 3.63) is 282 Å². The number of halogens is 19. The molecule has 1 amide bonds. The summed E-state index contributed by atoms with van der Waals surface area (Å²) in [7, 11) is 0. The smallest absolute Gasteiger partial charge is 0.416 e. The Morgan fingerprint density at radius 2 is 0.936 bits per heavy atom. The third-order valence-corrected chi connectivity index (χ3v) is 14.9. The third-order valence-electron chi connectivity index (χ3n) is 14.3. The van der Waals surface area contributed by atoms with E-state index < -0.39 is 110 Å². The van der Waals surface area contributed by atoms with Crippen molar-refractivity contribution in [1.82, 2.24) is 59.8 Å². The molecular weight excluding hydrogens is 1580 g/mol. The molecule has 12 aromatic rings. The molecule has 12 rings (SSSR count). The molecule has 44 heteroatoms. The van der Waals surface area contributed by atoms with E-state index in [0.29, 0.717) is 57.4 Å². The number of aromatic nitrogens is 12. The van der Waals surface area contributed by atoms with Crippen molar-refractivity contribution < 1.29 is 113 Å². The standard InChI is InChI=1S/C21H16F3N5O2.C12H7F6N3O2.C12H9F6N3.C9H8BrF3.C9H6N2O3.C3H3N3O2/c1-13-2-3-15(17(8-13)21(22,23)24)11-29-12-16(10-26-29)27-20(30)18-9-19(31-28-18)14-4-6-25-7-5-14;13-11(14,15)8-2-1-7(10(3-8)12(16,17)18)5-20-6-9(4-19-20)21(22)23;13-11(14,15)8-2-1-7(10(3-8)12(16,17)18)5-21-6-9(19)4-20-21;1-6-4-8(9(11,12)13)3-2-7(6)5-10;12-9(13)7-5-8(14-11-7)6-1-3-10-4-2-6;7-6(8)3-1-4-5-2-3/h2-10,12H,11H2,1H3,(H,27,30);1-4,6H,5H2;1-4,6H,5,19H2;2-4H,5H2,1H3;1-5H,(H,12,13);1-2H,(H,4,5). The maximum Gasteiger partial charge on any atom is 0.416 e. The van der Waals surface area contributed by atoms with E-state index in [0.717, 1.165) is 63.3 Å². The molecule has 110 heavy (non-hydrogen) atoms. The van der Waals surface area contributed by atoms with E-state index in [1.807, 2.05) is 0 Å². The summed E-state index contributed by atoms with van der Waals surface area (Å²) >= 11 is 3.20. The molecule has 4 aromatic carbocycles. The van der Waals surface area contributed by atoms with Crippen molar-refractivity contribution in [1.29, 1.82) is 0 Å². The van der Waals surface area contributed by atoms with Gasteiger partial charge in [0.15, 0.2) is 22.9 Å². The second-order valence-electron chi connectivity index (χ2n) is 22.3. The van der Waals surface area contributed by atoms with Gasteiger partial charge in [0.1, 0.15) is 18.6 Å². The van der Waals surface area contributed by atoms with Crippen molar-refractivity contribution in [2.45, 2.75) is 75.9 Å². The van der Waals surface area contributed by atoms with Gasteiger partial charge in [-0.05, 0) is 108 Å². The summed E-state index contributed by atoms with van der Waals surface area (Å²) in [6.45, 7) is 2.29. The van der Waals surface area contributed by atoms with E-state index in [4.69, 9.17) is 19.9 Å². The van der Waals surface area contributed by atoms with E-state index in [-0.39, 0.29) is 59.1 Å². The quantitative estimate of drug-likeness (QED) is 0.0340. The second kappa shape index (κ2) is 35.7. The molecule has 5 N–H and O–H groups in total. The third kappa shape index (κ3) is 24.6. The van der Waals surface area contributed by atoms with Crippen LogP contribution in [0, 0.1) is 34.1 Å². The highest BCUT2D eigenvalue weighted by atomic mass is 79.9. The lowest BCUT2D eigenvalue weighted by atomic mass is 10.0. The number of aryl methyl sites for hydroxylation is 2. The first-order valence-corrected chi connectivity index (χ1v) is 31.3. The molecule has 0 saturated carbocycles. The van der Waals surface area contributed by atoms with Gasteiger partial charge < -0.3 is 25.2 Å². The number of carbonyl (C=O) groups is 2. The maximum atomic E-state index is 13.3. The Balaban J connectivity index is 0.000000192. The molecule has 25 nitrogen and oxygen atoms in total. The molecule has 0 spiro atoms. The number of nitrogen functional groups attached to an aromatic ring is 1. The van der Waals surface area contributed by atoms with Crippen LogP contribution in [0.15, 0.2) is 193 Å². The second-order valence-corrected chi connectivity index (χ2v) is 22.9. The van der Waals surface area contributed by atoms with Crippen LogP contribution >= 0.6 is 15.9 Å². The largest absolute Gasteiger partial charge is 0.476 e. The van der Waals surface area contributed by atoms with Gasteiger partial charge in [0.05, 0.1) is 92.8 Å². The number of carbonyl (C=O) groups excluding carboxylic acids is 1. The van der Waals surface area contributed by atoms with Crippen LogP contribution in [-0.2, 0) is 62.0 Å². The average molecular weight is 1630 g/mol. The molecule has 0 radical (unpaired) electrons. The lowest BCUT2D eigenvalue weighted by Gasteiger charge is -2.16. The van der Waals surface area contributed by atoms with Crippen molar-refractivity contribution in [2.75, 3.05) is 11.1 Å². The first kappa shape index (κ1) is 84.5. The lowest BCUT2D eigenvalue weighted by molar-refractivity contribution is -0.385. The summed E-state index contributed by atoms with van der Waals surface area (Å²) in [4.78, 5) is 49.7. The van der Waals surface area contributed by atoms with Crippen LogP contribution < -0.4 is 11.1 Å². The highest BCUT2D eigenvalue weighted by Crippen LogP contribution is 2.40. The fourth-order valence-corrected chi connectivity index (χ4v) is 9.69. The number of hydrogen-bond acceptors (Lipinski definition) is 17. The molecular formula is C66H49BrF18N16O9.